The van der Waals surface area contributed by atoms with Gasteiger partial charge in [0.2, 0.25) is 0 Å². The summed E-state index contributed by atoms with van der Waals surface area (Å²) < 4.78 is 24.9. The van der Waals surface area contributed by atoms with Crippen LogP contribution in [-0.4, -0.2) is 42.8 Å². The van der Waals surface area contributed by atoms with E-state index in [2.05, 4.69) is 17.3 Å². The monoisotopic (exact) mass is 271 g/mol. The Morgan fingerprint density at radius 2 is 2.39 bits per heavy atom. The van der Waals surface area contributed by atoms with Crippen molar-refractivity contribution in [3.05, 3.63) is 18.0 Å². The lowest BCUT2D eigenvalue weighted by atomic mass is 9.94. The second-order valence-electron chi connectivity index (χ2n) is 4.97. The number of nitrogens with zero attached hydrogens (tertiary/aromatic N) is 2. The lowest BCUT2D eigenvalue weighted by Gasteiger charge is -2.21. The zero-order valence-electron chi connectivity index (χ0n) is 11.0. The Morgan fingerprint density at radius 1 is 1.61 bits per heavy atom. The highest BCUT2D eigenvalue weighted by Gasteiger charge is 2.33. The van der Waals surface area contributed by atoms with Crippen LogP contribution in [-0.2, 0) is 22.8 Å². The van der Waals surface area contributed by atoms with Crippen LogP contribution in [0.25, 0.3) is 0 Å². The predicted molar refractivity (Wildman–Crippen MR) is 71.2 cm³/mol. The van der Waals surface area contributed by atoms with Crippen molar-refractivity contribution in [2.24, 2.45) is 5.92 Å². The molecule has 2 atom stereocenters. The number of nitrogens with one attached hydrogen (secondary N) is 1. The van der Waals surface area contributed by atoms with Gasteiger partial charge in [0, 0.05) is 18.8 Å². The first-order valence-corrected chi connectivity index (χ1v) is 8.25. The number of hydrogen-bond acceptors (Lipinski definition) is 4. The predicted octanol–water partition coefficient (Wildman–Crippen LogP) is 0.468. The van der Waals surface area contributed by atoms with Gasteiger partial charge in [-0.05, 0) is 38.3 Å². The number of aromatic nitrogens is 2. The lowest BCUT2D eigenvalue weighted by Crippen LogP contribution is -2.36. The largest absolute Gasteiger partial charge is 0.316 e. The second-order valence-corrected chi connectivity index (χ2v) is 7.20. The lowest BCUT2D eigenvalue weighted by molar-refractivity contribution is 0.403. The quantitative estimate of drug-likeness (QED) is 0.845. The molecule has 2 unspecified atom stereocenters. The smallest absolute Gasteiger partial charge is 0.150 e. The van der Waals surface area contributed by atoms with E-state index in [0.29, 0.717) is 11.5 Å². The van der Waals surface area contributed by atoms with Crippen molar-refractivity contribution < 1.29 is 8.42 Å². The average Bonchev–Trinajstić information content (AvgIpc) is 2.92. The molecular formula is C12H21N3O2S. The molecule has 5 nitrogen and oxygen atoms in total. The van der Waals surface area contributed by atoms with E-state index in [1.165, 1.54) is 5.56 Å². The first-order valence-electron chi connectivity index (χ1n) is 6.43. The van der Waals surface area contributed by atoms with Crippen LogP contribution < -0.4 is 5.32 Å². The maximum Gasteiger partial charge on any atom is 0.150 e. The number of hydrogen-bond donors (Lipinski definition) is 1. The van der Waals surface area contributed by atoms with Crippen LogP contribution in [0, 0.1) is 5.92 Å². The van der Waals surface area contributed by atoms with Crippen molar-refractivity contribution in [1.82, 2.24) is 15.1 Å². The van der Waals surface area contributed by atoms with E-state index in [0.717, 1.165) is 19.4 Å². The van der Waals surface area contributed by atoms with Gasteiger partial charge in [-0.3, -0.25) is 4.68 Å². The zero-order chi connectivity index (χ0) is 13.2. The molecule has 2 heterocycles. The highest BCUT2D eigenvalue weighted by molar-refractivity contribution is 7.91. The molecule has 0 amide bonds. The van der Waals surface area contributed by atoms with E-state index >= 15 is 0 Å². The summed E-state index contributed by atoms with van der Waals surface area (Å²) in [7, 11) is -0.901. The third kappa shape index (κ3) is 3.11. The molecule has 1 saturated heterocycles. The molecule has 0 saturated carbocycles. The SMILES string of the molecule is CCn1cc(CC(NC)C2CCS(=O)(=O)C2)cn1. The summed E-state index contributed by atoms with van der Waals surface area (Å²) in [4.78, 5) is 0. The summed E-state index contributed by atoms with van der Waals surface area (Å²) in [6.07, 6.45) is 5.53. The first-order chi connectivity index (χ1) is 8.54. The summed E-state index contributed by atoms with van der Waals surface area (Å²) in [6.45, 7) is 2.91. The molecule has 0 aliphatic carbocycles. The van der Waals surface area contributed by atoms with Gasteiger partial charge in [0.1, 0.15) is 0 Å². The van der Waals surface area contributed by atoms with Crippen molar-refractivity contribution >= 4 is 9.84 Å². The topological polar surface area (TPSA) is 64.0 Å². The van der Waals surface area contributed by atoms with Crippen molar-refractivity contribution in [3.8, 4) is 0 Å². The fraction of sp³-hybridized carbons (Fsp3) is 0.750. The van der Waals surface area contributed by atoms with Crippen LogP contribution in [0.15, 0.2) is 12.4 Å². The Labute approximate surface area is 108 Å². The summed E-state index contributed by atoms with van der Waals surface area (Å²) in [5, 5.41) is 7.50. The van der Waals surface area contributed by atoms with E-state index in [-0.39, 0.29) is 12.0 Å². The molecule has 0 bridgehead atoms. The van der Waals surface area contributed by atoms with Gasteiger partial charge in [-0.1, -0.05) is 0 Å². The molecule has 0 spiro atoms. The van der Waals surface area contributed by atoms with Gasteiger partial charge in [0.15, 0.2) is 9.84 Å². The number of aryl methyl sites for hydroxylation is 1. The minimum Gasteiger partial charge on any atom is -0.316 e. The molecule has 2 rings (SSSR count). The molecule has 102 valence electrons. The van der Waals surface area contributed by atoms with Crippen molar-refractivity contribution in [3.63, 3.8) is 0 Å². The fourth-order valence-electron chi connectivity index (χ4n) is 2.58. The van der Waals surface area contributed by atoms with Gasteiger partial charge in [0.25, 0.3) is 0 Å². The zero-order valence-corrected chi connectivity index (χ0v) is 11.8. The van der Waals surface area contributed by atoms with E-state index < -0.39 is 9.84 Å². The van der Waals surface area contributed by atoms with Crippen LogP contribution in [0.3, 0.4) is 0 Å². The number of rotatable bonds is 5. The normalized spacial score (nSPS) is 24.2. The molecule has 1 N–H and O–H groups in total. The molecule has 1 fully saturated rings. The van der Waals surface area contributed by atoms with E-state index in [9.17, 15) is 8.42 Å². The molecular weight excluding hydrogens is 250 g/mol. The summed E-state index contributed by atoms with van der Waals surface area (Å²) in [5.74, 6) is 0.884. The van der Waals surface area contributed by atoms with Crippen LogP contribution in [0.1, 0.15) is 18.9 Å². The molecule has 0 aromatic carbocycles. The van der Waals surface area contributed by atoms with Crippen LogP contribution >= 0.6 is 0 Å². The highest BCUT2D eigenvalue weighted by atomic mass is 32.2. The average molecular weight is 271 g/mol. The fourth-order valence-corrected chi connectivity index (χ4v) is 4.46. The van der Waals surface area contributed by atoms with Gasteiger partial charge in [0.05, 0.1) is 17.7 Å². The maximum absolute atomic E-state index is 11.5. The summed E-state index contributed by atoms with van der Waals surface area (Å²) >= 11 is 0. The van der Waals surface area contributed by atoms with Crippen LogP contribution in [0.2, 0.25) is 0 Å². The van der Waals surface area contributed by atoms with Crippen molar-refractivity contribution in [2.75, 3.05) is 18.6 Å². The number of likely N-dealkylation sites (N-methyl/N-ethyl adjacent to an activating group) is 1. The first kappa shape index (κ1) is 13.5. The molecule has 18 heavy (non-hydrogen) atoms. The third-order valence-corrected chi connectivity index (χ3v) is 5.47. The molecule has 1 aromatic rings. The Morgan fingerprint density at radius 3 is 2.89 bits per heavy atom. The van der Waals surface area contributed by atoms with E-state index in [1.807, 2.05) is 24.1 Å². The molecule has 1 aliphatic rings. The van der Waals surface area contributed by atoms with Gasteiger partial charge in [-0.25, -0.2) is 8.42 Å². The van der Waals surface area contributed by atoms with Crippen molar-refractivity contribution in [2.45, 2.75) is 32.4 Å². The Kier molecular flexibility index (Phi) is 4.07. The molecule has 6 heteroatoms. The van der Waals surface area contributed by atoms with Gasteiger partial charge in [-0.15, -0.1) is 0 Å². The molecule has 1 aliphatic heterocycles. The summed E-state index contributed by atoms with van der Waals surface area (Å²) in [5.41, 5.74) is 1.17. The molecule has 0 radical (unpaired) electrons. The summed E-state index contributed by atoms with van der Waals surface area (Å²) in [6, 6.07) is 0.219. The van der Waals surface area contributed by atoms with Gasteiger partial charge >= 0.3 is 0 Å². The van der Waals surface area contributed by atoms with Crippen LogP contribution in [0.4, 0.5) is 0 Å². The van der Waals surface area contributed by atoms with E-state index in [1.54, 1.807) is 0 Å². The maximum atomic E-state index is 11.5. The third-order valence-electron chi connectivity index (χ3n) is 3.67. The Balaban J connectivity index is 2.01. The van der Waals surface area contributed by atoms with E-state index in [4.69, 9.17) is 0 Å². The number of sulfone groups is 1. The van der Waals surface area contributed by atoms with Crippen LogP contribution in [0.5, 0.6) is 0 Å². The van der Waals surface area contributed by atoms with Crippen molar-refractivity contribution in [1.29, 1.82) is 0 Å². The minimum absolute atomic E-state index is 0.219. The standard InChI is InChI=1S/C12H21N3O2S/c1-3-15-8-10(7-14-15)6-12(13-2)11-4-5-18(16,17)9-11/h7-8,11-13H,3-6,9H2,1-2H3. The molecule has 1 aromatic heterocycles. The van der Waals surface area contributed by atoms with Gasteiger partial charge in [-0.2, -0.15) is 5.10 Å². The Hall–Kier alpha value is -0.880. The van der Waals surface area contributed by atoms with Gasteiger partial charge < -0.3 is 5.32 Å². The Bertz CT molecular complexity index is 495. The highest BCUT2D eigenvalue weighted by Crippen LogP contribution is 2.23. The minimum atomic E-state index is -2.80. The second kappa shape index (κ2) is 5.40.